The van der Waals surface area contributed by atoms with Crippen LogP contribution in [0.3, 0.4) is 0 Å². The molecule has 1 aliphatic heterocycles. The summed E-state index contributed by atoms with van der Waals surface area (Å²) in [7, 11) is 0. The van der Waals surface area contributed by atoms with E-state index in [2.05, 4.69) is 41.9 Å². The van der Waals surface area contributed by atoms with Gasteiger partial charge < -0.3 is 9.88 Å². The second-order valence-electron chi connectivity index (χ2n) is 5.74. The van der Waals surface area contributed by atoms with Gasteiger partial charge in [-0.25, -0.2) is 0 Å². The number of benzene rings is 1. The predicted molar refractivity (Wildman–Crippen MR) is 77.4 cm³/mol. The minimum Gasteiger partial charge on any atom is -0.351 e. The molecule has 1 aromatic heterocycles. The summed E-state index contributed by atoms with van der Waals surface area (Å²) in [5.74, 6) is 0.681. The minimum atomic E-state index is 0.0594. The molecule has 3 nitrogen and oxygen atoms in total. The molecule has 1 aliphatic rings. The minimum absolute atomic E-state index is 0.0594. The Morgan fingerprint density at radius 2 is 2.21 bits per heavy atom. The van der Waals surface area contributed by atoms with E-state index in [1.165, 1.54) is 16.5 Å². The molecule has 100 valence electrons. The van der Waals surface area contributed by atoms with Crippen molar-refractivity contribution < 1.29 is 4.79 Å². The lowest BCUT2D eigenvalue weighted by Gasteiger charge is -2.11. The number of rotatable bonds is 2. The largest absolute Gasteiger partial charge is 0.351 e. The van der Waals surface area contributed by atoms with Crippen molar-refractivity contribution in [2.75, 3.05) is 6.54 Å². The number of carbonyl (C=O) groups excluding carboxylic acids is 1. The molecule has 0 aliphatic carbocycles. The number of hydrogen-bond donors (Lipinski definition) is 1. The quantitative estimate of drug-likeness (QED) is 0.880. The molecule has 0 unspecified atom stereocenters. The van der Waals surface area contributed by atoms with Crippen LogP contribution < -0.4 is 5.32 Å². The molecule has 1 amide bonds. The fraction of sp³-hybridized carbons (Fsp3) is 0.438. The molecule has 0 fully saturated rings. The number of aromatic nitrogens is 1. The van der Waals surface area contributed by atoms with Crippen molar-refractivity contribution in [2.45, 2.75) is 33.2 Å². The summed E-state index contributed by atoms with van der Waals surface area (Å²) in [5.41, 5.74) is 3.42. The SMILES string of the molecule is CC(C)Cc1cccc2cc3n(c12)CCCNC3=O. The Kier molecular flexibility index (Phi) is 3.05. The molecule has 2 aromatic rings. The average Bonchev–Trinajstić information content (AvgIpc) is 2.65. The number of carbonyl (C=O) groups is 1. The first-order chi connectivity index (χ1) is 9.16. The van der Waals surface area contributed by atoms with Gasteiger partial charge >= 0.3 is 0 Å². The van der Waals surface area contributed by atoms with Crippen LogP contribution in [0.25, 0.3) is 10.9 Å². The molecular formula is C16H20N2O. The zero-order valence-electron chi connectivity index (χ0n) is 11.6. The third kappa shape index (κ3) is 2.14. The standard InChI is InChI=1S/C16H20N2O/c1-11(2)9-12-5-3-6-13-10-14-16(19)17-7-4-8-18(14)15(12)13/h3,5-6,10-11H,4,7-9H2,1-2H3,(H,17,19). The highest BCUT2D eigenvalue weighted by molar-refractivity contribution is 5.99. The van der Waals surface area contributed by atoms with E-state index in [4.69, 9.17) is 0 Å². The molecule has 2 heterocycles. The van der Waals surface area contributed by atoms with Crippen LogP contribution in [0.2, 0.25) is 0 Å². The Morgan fingerprint density at radius 3 is 3.00 bits per heavy atom. The van der Waals surface area contributed by atoms with E-state index in [-0.39, 0.29) is 5.91 Å². The van der Waals surface area contributed by atoms with Crippen molar-refractivity contribution in [3.63, 3.8) is 0 Å². The van der Waals surface area contributed by atoms with Gasteiger partial charge in [0.1, 0.15) is 5.69 Å². The summed E-state index contributed by atoms with van der Waals surface area (Å²) in [6, 6.07) is 8.42. The molecule has 0 atom stereocenters. The normalized spacial score (nSPS) is 15.4. The van der Waals surface area contributed by atoms with E-state index in [9.17, 15) is 4.79 Å². The summed E-state index contributed by atoms with van der Waals surface area (Å²) in [5, 5.41) is 4.15. The van der Waals surface area contributed by atoms with Crippen molar-refractivity contribution in [1.82, 2.24) is 9.88 Å². The molecule has 1 N–H and O–H groups in total. The van der Waals surface area contributed by atoms with Crippen LogP contribution in [0.4, 0.5) is 0 Å². The number of hydrogen-bond acceptors (Lipinski definition) is 1. The Hall–Kier alpha value is -1.77. The van der Waals surface area contributed by atoms with E-state index >= 15 is 0 Å². The lowest BCUT2D eigenvalue weighted by Crippen LogP contribution is -2.22. The van der Waals surface area contributed by atoms with Crippen LogP contribution in [0.15, 0.2) is 24.3 Å². The van der Waals surface area contributed by atoms with Crippen LogP contribution in [0.1, 0.15) is 36.3 Å². The van der Waals surface area contributed by atoms with Crippen LogP contribution in [0, 0.1) is 5.92 Å². The summed E-state index contributed by atoms with van der Waals surface area (Å²) >= 11 is 0. The molecule has 0 spiro atoms. The van der Waals surface area contributed by atoms with Crippen molar-refractivity contribution in [3.8, 4) is 0 Å². The predicted octanol–water partition coefficient (Wildman–Crippen LogP) is 2.97. The van der Waals surface area contributed by atoms with Crippen molar-refractivity contribution in [2.24, 2.45) is 5.92 Å². The van der Waals surface area contributed by atoms with E-state index in [1.807, 2.05) is 6.07 Å². The molecule has 0 bridgehead atoms. The zero-order chi connectivity index (χ0) is 13.4. The van der Waals surface area contributed by atoms with E-state index in [1.54, 1.807) is 0 Å². The van der Waals surface area contributed by atoms with Crippen LogP contribution in [0.5, 0.6) is 0 Å². The Bertz CT molecular complexity index is 625. The van der Waals surface area contributed by atoms with Crippen molar-refractivity contribution >= 4 is 16.8 Å². The second kappa shape index (κ2) is 4.72. The monoisotopic (exact) mass is 256 g/mol. The number of fused-ring (bicyclic) bond motifs is 3. The molecule has 19 heavy (non-hydrogen) atoms. The highest BCUT2D eigenvalue weighted by Crippen LogP contribution is 2.26. The van der Waals surface area contributed by atoms with Gasteiger partial charge in [-0.3, -0.25) is 4.79 Å². The summed E-state index contributed by atoms with van der Waals surface area (Å²) in [4.78, 5) is 12.1. The first-order valence-electron chi connectivity index (χ1n) is 7.06. The number of amides is 1. The third-order valence-corrected chi connectivity index (χ3v) is 3.71. The van der Waals surface area contributed by atoms with E-state index < -0.39 is 0 Å². The Morgan fingerprint density at radius 1 is 1.37 bits per heavy atom. The van der Waals surface area contributed by atoms with Gasteiger partial charge in [0.2, 0.25) is 0 Å². The Balaban J connectivity index is 2.21. The average molecular weight is 256 g/mol. The second-order valence-corrected chi connectivity index (χ2v) is 5.74. The molecule has 0 radical (unpaired) electrons. The topological polar surface area (TPSA) is 34.0 Å². The molecule has 0 saturated carbocycles. The van der Waals surface area contributed by atoms with Crippen LogP contribution in [-0.2, 0) is 13.0 Å². The van der Waals surface area contributed by atoms with Gasteiger partial charge in [0.15, 0.2) is 0 Å². The Labute approximate surface area is 113 Å². The number of nitrogens with one attached hydrogen (secondary N) is 1. The highest BCUT2D eigenvalue weighted by Gasteiger charge is 2.19. The van der Waals surface area contributed by atoms with Gasteiger partial charge in [-0.1, -0.05) is 32.0 Å². The maximum absolute atomic E-state index is 12.1. The maximum Gasteiger partial charge on any atom is 0.267 e. The fourth-order valence-electron chi connectivity index (χ4n) is 2.96. The molecule has 3 rings (SSSR count). The lowest BCUT2D eigenvalue weighted by atomic mass is 10.0. The third-order valence-electron chi connectivity index (χ3n) is 3.71. The van der Waals surface area contributed by atoms with Crippen molar-refractivity contribution in [1.29, 1.82) is 0 Å². The van der Waals surface area contributed by atoms with E-state index in [0.29, 0.717) is 5.92 Å². The molecular weight excluding hydrogens is 236 g/mol. The molecule has 1 aromatic carbocycles. The summed E-state index contributed by atoms with van der Waals surface area (Å²) in [6.45, 7) is 6.16. The van der Waals surface area contributed by atoms with Crippen LogP contribution in [-0.4, -0.2) is 17.0 Å². The lowest BCUT2D eigenvalue weighted by molar-refractivity contribution is 0.0951. The van der Waals surface area contributed by atoms with Gasteiger partial charge in [0.25, 0.3) is 5.91 Å². The van der Waals surface area contributed by atoms with Gasteiger partial charge in [-0.2, -0.15) is 0 Å². The first kappa shape index (κ1) is 12.3. The first-order valence-corrected chi connectivity index (χ1v) is 7.06. The van der Waals surface area contributed by atoms with Gasteiger partial charge in [-0.05, 0) is 30.4 Å². The molecule has 3 heteroatoms. The zero-order valence-corrected chi connectivity index (χ0v) is 11.6. The van der Waals surface area contributed by atoms with Crippen LogP contribution >= 0.6 is 0 Å². The van der Waals surface area contributed by atoms with Gasteiger partial charge in [-0.15, -0.1) is 0 Å². The fourth-order valence-corrected chi connectivity index (χ4v) is 2.96. The van der Waals surface area contributed by atoms with Gasteiger partial charge in [0.05, 0.1) is 5.52 Å². The smallest absolute Gasteiger partial charge is 0.267 e. The van der Waals surface area contributed by atoms with E-state index in [0.717, 1.165) is 31.6 Å². The number of aryl methyl sites for hydroxylation is 1. The van der Waals surface area contributed by atoms with Gasteiger partial charge in [0, 0.05) is 18.5 Å². The summed E-state index contributed by atoms with van der Waals surface area (Å²) in [6.07, 6.45) is 2.06. The summed E-state index contributed by atoms with van der Waals surface area (Å²) < 4.78 is 2.20. The highest BCUT2D eigenvalue weighted by atomic mass is 16.1. The maximum atomic E-state index is 12.1. The number of nitrogens with zero attached hydrogens (tertiary/aromatic N) is 1. The van der Waals surface area contributed by atoms with Crippen molar-refractivity contribution in [3.05, 3.63) is 35.5 Å². The molecule has 0 saturated heterocycles. The number of para-hydroxylation sites is 1.